The Balaban J connectivity index is 2.17. The quantitative estimate of drug-likeness (QED) is 0.488. The number of hydrogen-bond acceptors (Lipinski definition) is 5. The van der Waals surface area contributed by atoms with Crippen LogP contribution in [0.1, 0.15) is 5.56 Å². The highest BCUT2D eigenvalue weighted by Gasteiger charge is 2.13. The summed E-state index contributed by atoms with van der Waals surface area (Å²) in [6.07, 6.45) is 3.35. The van der Waals surface area contributed by atoms with Crippen molar-refractivity contribution in [2.75, 3.05) is 11.1 Å². The predicted octanol–water partition coefficient (Wildman–Crippen LogP) is 2.18. The molecule has 1 heterocycles. The van der Waals surface area contributed by atoms with E-state index in [1.807, 2.05) is 12.1 Å². The molecule has 0 aliphatic carbocycles. The molecule has 0 saturated heterocycles. The van der Waals surface area contributed by atoms with Crippen LogP contribution < -0.4 is 11.1 Å². The number of pyridine rings is 1. The van der Waals surface area contributed by atoms with E-state index in [4.69, 9.17) is 5.73 Å². The van der Waals surface area contributed by atoms with E-state index in [1.54, 1.807) is 24.5 Å². The third-order valence-corrected chi connectivity index (χ3v) is 2.45. The third kappa shape index (κ3) is 2.73. The normalized spacial score (nSPS) is 10.0. The van der Waals surface area contributed by atoms with Gasteiger partial charge >= 0.3 is 0 Å². The van der Waals surface area contributed by atoms with E-state index in [2.05, 4.69) is 10.3 Å². The summed E-state index contributed by atoms with van der Waals surface area (Å²) in [6, 6.07) is 8.26. The monoisotopic (exact) mass is 244 g/mol. The van der Waals surface area contributed by atoms with E-state index in [0.717, 1.165) is 5.56 Å². The van der Waals surface area contributed by atoms with Gasteiger partial charge in [-0.3, -0.25) is 15.1 Å². The molecular weight excluding hydrogens is 232 g/mol. The highest BCUT2D eigenvalue weighted by atomic mass is 16.6. The molecule has 1 aromatic carbocycles. The first-order valence-corrected chi connectivity index (χ1v) is 5.33. The van der Waals surface area contributed by atoms with Crippen molar-refractivity contribution in [1.29, 1.82) is 0 Å². The third-order valence-electron chi connectivity index (χ3n) is 2.45. The van der Waals surface area contributed by atoms with E-state index in [0.29, 0.717) is 17.9 Å². The van der Waals surface area contributed by atoms with Crippen LogP contribution in [-0.2, 0) is 6.54 Å². The molecule has 0 radical (unpaired) electrons. The van der Waals surface area contributed by atoms with Crippen LogP contribution in [0, 0.1) is 10.1 Å². The van der Waals surface area contributed by atoms with Gasteiger partial charge in [-0.15, -0.1) is 0 Å². The molecule has 1 aromatic heterocycles. The standard InChI is InChI=1S/C12H12N4O2/c13-10-1-2-11(12(7-10)16(17)18)15-8-9-3-5-14-6-4-9/h1-7,15H,8,13H2. The Kier molecular flexibility index (Phi) is 3.38. The fourth-order valence-electron chi connectivity index (χ4n) is 1.55. The second-order valence-electron chi connectivity index (χ2n) is 3.74. The zero-order valence-corrected chi connectivity index (χ0v) is 9.54. The average molecular weight is 244 g/mol. The minimum absolute atomic E-state index is 0.0240. The van der Waals surface area contributed by atoms with Crippen LogP contribution in [0.4, 0.5) is 17.1 Å². The first-order valence-electron chi connectivity index (χ1n) is 5.33. The fraction of sp³-hybridized carbons (Fsp3) is 0.0833. The van der Waals surface area contributed by atoms with Gasteiger partial charge in [0.15, 0.2) is 0 Å². The van der Waals surface area contributed by atoms with E-state index in [1.165, 1.54) is 6.07 Å². The molecule has 2 aromatic rings. The Morgan fingerprint density at radius 1 is 1.28 bits per heavy atom. The van der Waals surface area contributed by atoms with Crippen molar-refractivity contribution in [1.82, 2.24) is 4.98 Å². The summed E-state index contributed by atoms with van der Waals surface area (Å²) in [5, 5.41) is 13.9. The van der Waals surface area contributed by atoms with Gasteiger partial charge in [0.05, 0.1) is 4.92 Å². The molecular formula is C12H12N4O2. The van der Waals surface area contributed by atoms with Crippen LogP contribution in [0.2, 0.25) is 0 Å². The Hall–Kier alpha value is -2.63. The first-order chi connectivity index (χ1) is 8.66. The van der Waals surface area contributed by atoms with E-state index in [-0.39, 0.29) is 5.69 Å². The van der Waals surface area contributed by atoms with Gasteiger partial charge in [-0.05, 0) is 29.8 Å². The van der Waals surface area contributed by atoms with E-state index >= 15 is 0 Å². The van der Waals surface area contributed by atoms with Crippen LogP contribution in [0.25, 0.3) is 0 Å². The van der Waals surface area contributed by atoms with Crippen LogP contribution in [0.3, 0.4) is 0 Å². The van der Waals surface area contributed by atoms with Crippen molar-refractivity contribution in [3.63, 3.8) is 0 Å². The molecule has 2 rings (SSSR count). The average Bonchev–Trinajstić information content (AvgIpc) is 2.38. The molecule has 0 atom stereocenters. The molecule has 0 spiro atoms. The Morgan fingerprint density at radius 3 is 2.67 bits per heavy atom. The molecule has 3 N–H and O–H groups in total. The van der Waals surface area contributed by atoms with E-state index in [9.17, 15) is 10.1 Å². The number of hydrogen-bond donors (Lipinski definition) is 2. The largest absolute Gasteiger partial charge is 0.399 e. The van der Waals surface area contributed by atoms with Crippen LogP contribution in [-0.4, -0.2) is 9.91 Å². The highest BCUT2D eigenvalue weighted by molar-refractivity contribution is 5.66. The number of benzene rings is 1. The molecule has 0 aliphatic heterocycles. The fourth-order valence-corrected chi connectivity index (χ4v) is 1.55. The molecule has 0 fully saturated rings. The van der Waals surface area contributed by atoms with Gasteiger partial charge in [-0.1, -0.05) is 0 Å². The number of nitrogen functional groups attached to an aromatic ring is 1. The summed E-state index contributed by atoms with van der Waals surface area (Å²) < 4.78 is 0. The second-order valence-corrected chi connectivity index (χ2v) is 3.74. The number of nitro groups is 1. The maximum absolute atomic E-state index is 10.9. The van der Waals surface area contributed by atoms with E-state index < -0.39 is 4.92 Å². The number of aromatic nitrogens is 1. The first kappa shape index (κ1) is 11.8. The molecule has 18 heavy (non-hydrogen) atoms. The topological polar surface area (TPSA) is 94.1 Å². The zero-order chi connectivity index (χ0) is 13.0. The minimum atomic E-state index is -0.453. The number of anilines is 2. The summed E-state index contributed by atoms with van der Waals surface area (Å²) in [4.78, 5) is 14.3. The lowest BCUT2D eigenvalue weighted by molar-refractivity contribution is -0.383. The minimum Gasteiger partial charge on any atom is -0.399 e. The smallest absolute Gasteiger partial charge is 0.294 e. The number of nitro benzene ring substituents is 1. The highest BCUT2D eigenvalue weighted by Crippen LogP contribution is 2.26. The van der Waals surface area contributed by atoms with Crippen molar-refractivity contribution < 1.29 is 4.92 Å². The summed E-state index contributed by atoms with van der Waals surface area (Å²) in [6.45, 7) is 0.493. The van der Waals surface area contributed by atoms with Crippen molar-refractivity contribution in [3.8, 4) is 0 Å². The number of nitrogens with one attached hydrogen (secondary N) is 1. The SMILES string of the molecule is Nc1ccc(NCc2ccncc2)c([N+](=O)[O-])c1. The lowest BCUT2D eigenvalue weighted by Crippen LogP contribution is -2.03. The van der Waals surface area contributed by atoms with Crippen molar-refractivity contribution in [3.05, 3.63) is 58.4 Å². The Morgan fingerprint density at radius 2 is 2.00 bits per heavy atom. The Bertz CT molecular complexity index is 557. The van der Waals surface area contributed by atoms with Gasteiger partial charge in [0.1, 0.15) is 5.69 Å². The van der Waals surface area contributed by atoms with Crippen molar-refractivity contribution >= 4 is 17.1 Å². The van der Waals surface area contributed by atoms with Crippen molar-refractivity contribution in [2.24, 2.45) is 0 Å². The molecule has 0 saturated carbocycles. The lowest BCUT2D eigenvalue weighted by atomic mass is 10.2. The van der Waals surface area contributed by atoms with Crippen LogP contribution in [0.5, 0.6) is 0 Å². The Labute approximate surface area is 104 Å². The van der Waals surface area contributed by atoms with Gasteiger partial charge in [-0.25, -0.2) is 0 Å². The van der Waals surface area contributed by atoms with Gasteiger partial charge in [0, 0.05) is 30.7 Å². The number of rotatable bonds is 4. The molecule has 6 heteroatoms. The molecule has 6 nitrogen and oxygen atoms in total. The molecule has 0 amide bonds. The predicted molar refractivity (Wildman–Crippen MR) is 69.1 cm³/mol. The van der Waals surface area contributed by atoms with Crippen LogP contribution >= 0.6 is 0 Å². The molecule has 92 valence electrons. The second kappa shape index (κ2) is 5.13. The van der Waals surface area contributed by atoms with Gasteiger partial charge in [0.2, 0.25) is 0 Å². The summed E-state index contributed by atoms with van der Waals surface area (Å²) in [5.74, 6) is 0. The number of nitrogens with zero attached hydrogens (tertiary/aromatic N) is 2. The van der Waals surface area contributed by atoms with Gasteiger partial charge < -0.3 is 11.1 Å². The zero-order valence-electron chi connectivity index (χ0n) is 9.54. The maximum atomic E-state index is 10.9. The molecule has 0 unspecified atom stereocenters. The summed E-state index contributed by atoms with van der Waals surface area (Å²) in [5.41, 5.74) is 7.33. The van der Waals surface area contributed by atoms with Crippen molar-refractivity contribution in [2.45, 2.75) is 6.54 Å². The molecule has 0 aliphatic rings. The summed E-state index contributed by atoms with van der Waals surface area (Å²) in [7, 11) is 0. The van der Waals surface area contributed by atoms with Crippen LogP contribution in [0.15, 0.2) is 42.7 Å². The maximum Gasteiger partial charge on any atom is 0.294 e. The lowest BCUT2D eigenvalue weighted by Gasteiger charge is -2.07. The van der Waals surface area contributed by atoms with Gasteiger partial charge in [-0.2, -0.15) is 0 Å². The molecule has 0 bridgehead atoms. The summed E-state index contributed by atoms with van der Waals surface area (Å²) >= 11 is 0. The van der Waals surface area contributed by atoms with Gasteiger partial charge in [0.25, 0.3) is 5.69 Å². The number of nitrogens with two attached hydrogens (primary N) is 1.